The van der Waals surface area contributed by atoms with Crippen LogP contribution in [0.15, 0.2) is 24.3 Å². The molecule has 0 aliphatic carbocycles. The number of halogens is 1. The standard InChI is InChI=1S/C28H39FN6O/c1-5-8-10-21(7-3)28(36)34-18-16-33(17-19-34)26-25-20(4)32-35(23-14-12-22(29)13-15-23)27(25)31-24(30-26)11-9-6-2/h12-15,21H,5-11,16-19H2,1-4H3. The molecule has 0 bridgehead atoms. The highest BCUT2D eigenvalue weighted by atomic mass is 19.1. The summed E-state index contributed by atoms with van der Waals surface area (Å²) in [6, 6.07) is 6.33. The van der Waals surface area contributed by atoms with Crippen molar-refractivity contribution in [1.82, 2.24) is 24.6 Å². The number of nitrogens with zero attached hydrogens (tertiary/aromatic N) is 6. The molecule has 3 aromatic rings. The molecule has 2 aromatic heterocycles. The van der Waals surface area contributed by atoms with E-state index in [1.165, 1.54) is 12.1 Å². The van der Waals surface area contributed by atoms with Crippen molar-refractivity contribution in [1.29, 1.82) is 0 Å². The number of unbranched alkanes of at least 4 members (excludes halogenated alkanes) is 2. The Kier molecular flexibility index (Phi) is 8.54. The van der Waals surface area contributed by atoms with Crippen LogP contribution >= 0.6 is 0 Å². The summed E-state index contributed by atoms with van der Waals surface area (Å²) in [7, 11) is 0. The van der Waals surface area contributed by atoms with Crippen LogP contribution in [0.5, 0.6) is 0 Å². The first-order chi connectivity index (χ1) is 17.5. The number of amides is 1. The van der Waals surface area contributed by atoms with E-state index in [0.717, 1.165) is 92.1 Å². The Balaban J connectivity index is 1.64. The highest BCUT2D eigenvalue weighted by Gasteiger charge is 2.29. The van der Waals surface area contributed by atoms with Gasteiger partial charge >= 0.3 is 0 Å². The largest absolute Gasteiger partial charge is 0.352 e. The number of piperazine rings is 1. The van der Waals surface area contributed by atoms with E-state index in [9.17, 15) is 9.18 Å². The minimum atomic E-state index is -0.279. The van der Waals surface area contributed by atoms with Crippen LogP contribution in [-0.4, -0.2) is 56.7 Å². The van der Waals surface area contributed by atoms with E-state index >= 15 is 0 Å². The highest BCUT2D eigenvalue weighted by Crippen LogP contribution is 2.30. The molecule has 4 rings (SSSR count). The van der Waals surface area contributed by atoms with Gasteiger partial charge in [-0.2, -0.15) is 5.10 Å². The monoisotopic (exact) mass is 494 g/mol. The van der Waals surface area contributed by atoms with Crippen LogP contribution in [0.4, 0.5) is 10.2 Å². The van der Waals surface area contributed by atoms with Gasteiger partial charge in [0.1, 0.15) is 17.5 Å². The summed E-state index contributed by atoms with van der Waals surface area (Å²) in [5.74, 6) is 1.83. The van der Waals surface area contributed by atoms with E-state index in [-0.39, 0.29) is 11.7 Å². The number of aromatic nitrogens is 4. The number of hydrogen-bond donors (Lipinski definition) is 0. The average Bonchev–Trinajstić information content (AvgIpc) is 3.24. The van der Waals surface area contributed by atoms with Gasteiger partial charge in [0.15, 0.2) is 5.65 Å². The maximum absolute atomic E-state index is 13.6. The lowest BCUT2D eigenvalue weighted by molar-refractivity contribution is -0.136. The van der Waals surface area contributed by atoms with Gasteiger partial charge in [0.2, 0.25) is 5.91 Å². The Bertz CT molecular complexity index is 1170. The first kappa shape index (κ1) is 26.0. The van der Waals surface area contributed by atoms with E-state index in [0.29, 0.717) is 19.0 Å². The van der Waals surface area contributed by atoms with Gasteiger partial charge in [0.05, 0.1) is 16.8 Å². The molecule has 1 saturated heterocycles. The third kappa shape index (κ3) is 5.52. The molecule has 3 heterocycles. The van der Waals surface area contributed by atoms with Crippen molar-refractivity contribution < 1.29 is 9.18 Å². The summed E-state index contributed by atoms with van der Waals surface area (Å²) < 4.78 is 15.4. The molecule has 8 heteroatoms. The van der Waals surface area contributed by atoms with Crippen molar-refractivity contribution >= 4 is 22.8 Å². The summed E-state index contributed by atoms with van der Waals surface area (Å²) in [4.78, 5) is 27.4. The smallest absolute Gasteiger partial charge is 0.225 e. The molecule has 1 aliphatic rings. The van der Waals surface area contributed by atoms with E-state index < -0.39 is 0 Å². The molecule has 194 valence electrons. The van der Waals surface area contributed by atoms with Crippen LogP contribution in [-0.2, 0) is 11.2 Å². The Hall–Kier alpha value is -3.03. The predicted octanol–water partition coefficient (Wildman–Crippen LogP) is 5.47. The topological polar surface area (TPSA) is 67.2 Å². The lowest BCUT2D eigenvalue weighted by Gasteiger charge is -2.37. The minimum Gasteiger partial charge on any atom is -0.352 e. The van der Waals surface area contributed by atoms with Crippen LogP contribution < -0.4 is 4.90 Å². The number of hydrogen-bond acceptors (Lipinski definition) is 5. The van der Waals surface area contributed by atoms with Crippen molar-refractivity contribution in [2.24, 2.45) is 5.92 Å². The van der Waals surface area contributed by atoms with E-state index in [2.05, 4.69) is 25.7 Å². The van der Waals surface area contributed by atoms with Gasteiger partial charge in [-0.3, -0.25) is 4.79 Å². The zero-order valence-electron chi connectivity index (χ0n) is 22.1. The lowest BCUT2D eigenvalue weighted by Crippen LogP contribution is -2.50. The van der Waals surface area contributed by atoms with Crippen LogP contribution in [0.3, 0.4) is 0 Å². The van der Waals surface area contributed by atoms with Gasteiger partial charge in [-0.1, -0.05) is 40.0 Å². The second kappa shape index (κ2) is 11.8. The molecule has 0 N–H and O–H groups in total. The molecule has 1 aromatic carbocycles. The zero-order chi connectivity index (χ0) is 25.7. The molecular formula is C28H39FN6O. The summed E-state index contributed by atoms with van der Waals surface area (Å²) in [6.45, 7) is 11.3. The Labute approximate surface area is 213 Å². The molecule has 7 nitrogen and oxygen atoms in total. The molecule has 1 atom stereocenters. The maximum Gasteiger partial charge on any atom is 0.225 e. The summed E-state index contributed by atoms with van der Waals surface area (Å²) in [5, 5.41) is 5.70. The Morgan fingerprint density at radius 3 is 2.33 bits per heavy atom. The van der Waals surface area contributed by atoms with Gasteiger partial charge in [-0.05, 0) is 50.5 Å². The van der Waals surface area contributed by atoms with Crippen LogP contribution in [0.2, 0.25) is 0 Å². The number of carbonyl (C=O) groups excluding carboxylic acids is 1. The quantitative estimate of drug-likeness (QED) is 0.374. The molecule has 1 aliphatic heterocycles. The molecule has 0 spiro atoms. The Morgan fingerprint density at radius 1 is 1.00 bits per heavy atom. The van der Waals surface area contributed by atoms with Crippen LogP contribution in [0.1, 0.15) is 70.8 Å². The first-order valence-electron chi connectivity index (χ1n) is 13.5. The highest BCUT2D eigenvalue weighted by molar-refractivity contribution is 5.91. The molecule has 1 fully saturated rings. The number of carbonyl (C=O) groups is 1. The molecule has 1 amide bonds. The number of anilines is 1. The predicted molar refractivity (Wildman–Crippen MR) is 142 cm³/mol. The number of fused-ring (bicyclic) bond motifs is 1. The van der Waals surface area contributed by atoms with Crippen molar-refractivity contribution in [2.75, 3.05) is 31.1 Å². The maximum atomic E-state index is 13.6. The van der Waals surface area contributed by atoms with Gasteiger partial charge in [-0.15, -0.1) is 0 Å². The fraction of sp³-hybridized carbons (Fsp3) is 0.571. The SMILES string of the molecule is CCCCc1nc(N2CCN(C(=O)C(CC)CCCC)CC2)c2c(C)nn(-c3ccc(F)cc3)c2n1. The van der Waals surface area contributed by atoms with Gasteiger partial charge in [0, 0.05) is 38.5 Å². The zero-order valence-corrected chi connectivity index (χ0v) is 22.1. The first-order valence-corrected chi connectivity index (χ1v) is 13.5. The summed E-state index contributed by atoms with van der Waals surface area (Å²) in [6.07, 6.45) is 6.95. The molecular weight excluding hydrogens is 455 g/mol. The number of rotatable bonds is 10. The van der Waals surface area contributed by atoms with Crippen molar-refractivity contribution in [3.8, 4) is 5.69 Å². The second-order valence-corrected chi connectivity index (χ2v) is 9.80. The van der Waals surface area contributed by atoms with Crippen LogP contribution in [0, 0.1) is 18.7 Å². The number of benzene rings is 1. The Morgan fingerprint density at radius 2 is 1.69 bits per heavy atom. The van der Waals surface area contributed by atoms with Crippen LogP contribution in [0.25, 0.3) is 16.7 Å². The van der Waals surface area contributed by atoms with E-state index in [1.54, 1.807) is 16.8 Å². The minimum absolute atomic E-state index is 0.124. The fourth-order valence-electron chi connectivity index (χ4n) is 4.99. The third-order valence-electron chi connectivity index (χ3n) is 7.19. The van der Waals surface area contributed by atoms with Crippen molar-refractivity contribution in [3.63, 3.8) is 0 Å². The second-order valence-electron chi connectivity index (χ2n) is 9.80. The van der Waals surface area contributed by atoms with Crippen molar-refractivity contribution in [3.05, 3.63) is 41.6 Å². The third-order valence-corrected chi connectivity index (χ3v) is 7.19. The molecule has 0 saturated carbocycles. The summed E-state index contributed by atoms with van der Waals surface area (Å²) >= 11 is 0. The van der Waals surface area contributed by atoms with Gasteiger partial charge < -0.3 is 9.80 Å². The normalized spacial score (nSPS) is 15.0. The lowest BCUT2D eigenvalue weighted by atomic mass is 9.97. The molecule has 36 heavy (non-hydrogen) atoms. The fourth-order valence-corrected chi connectivity index (χ4v) is 4.99. The van der Waals surface area contributed by atoms with Gasteiger partial charge in [0.25, 0.3) is 0 Å². The van der Waals surface area contributed by atoms with Crippen molar-refractivity contribution in [2.45, 2.75) is 72.6 Å². The average molecular weight is 495 g/mol. The van der Waals surface area contributed by atoms with E-state index in [4.69, 9.17) is 15.1 Å². The van der Waals surface area contributed by atoms with Gasteiger partial charge in [-0.25, -0.2) is 19.0 Å². The molecule has 1 unspecified atom stereocenters. The number of aryl methyl sites for hydroxylation is 2. The van der Waals surface area contributed by atoms with E-state index in [1.807, 2.05) is 11.8 Å². The molecule has 0 radical (unpaired) electrons. The summed E-state index contributed by atoms with van der Waals surface area (Å²) in [5.41, 5.74) is 2.36.